The van der Waals surface area contributed by atoms with E-state index in [1.165, 1.54) is 31.2 Å². The van der Waals surface area contributed by atoms with Crippen molar-refractivity contribution in [3.63, 3.8) is 0 Å². The average molecular weight is 291 g/mol. The summed E-state index contributed by atoms with van der Waals surface area (Å²) in [5.74, 6) is -0.147. The zero-order valence-corrected chi connectivity index (χ0v) is 13.1. The van der Waals surface area contributed by atoms with E-state index in [0.29, 0.717) is 11.5 Å². The van der Waals surface area contributed by atoms with Crippen LogP contribution in [-0.4, -0.2) is 25.8 Å². The molecule has 1 aromatic carbocycles. The predicted molar refractivity (Wildman–Crippen MR) is 82.9 cm³/mol. The zero-order chi connectivity index (χ0) is 14.9. The Morgan fingerprint density at radius 2 is 1.76 bits per heavy atom. The molecule has 21 heavy (non-hydrogen) atoms. The van der Waals surface area contributed by atoms with Crippen LogP contribution >= 0.6 is 0 Å². The van der Waals surface area contributed by atoms with Gasteiger partial charge < -0.3 is 10.1 Å². The summed E-state index contributed by atoms with van der Waals surface area (Å²) < 4.78 is 18.8. The molecule has 0 aromatic heterocycles. The molecule has 116 valence electrons. The van der Waals surface area contributed by atoms with E-state index in [4.69, 9.17) is 4.74 Å². The highest BCUT2D eigenvalue weighted by Gasteiger charge is 2.55. The fourth-order valence-corrected chi connectivity index (χ4v) is 4.18. The van der Waals surface area contributed by atoms with Crippen LogP contribution in [0.1, 0.15) is 45.1 Å². The summed E-state index contributed by atoms with van der Waals surface area (Å²) in [6.07, 6.45) is 4.76. The molecule has 0 amide bonds. The molecule has 1 N–H and O–H groups in total. The Balaban J connectivity index is 1.78. The number of rotatable bonds is 4. The summed E-state index contributed by atoms with van der Waals surface area (Å²) >= 11 is 0. The number of nitrogens with one attached hydrogen (secondary N) is 1. The third-order valence-corrected chi connectivity index (χ3v) is 5.29. The van der Waals surface area contributed by atoms with Crippen LogP contribution in [0.3, 0.4) is 0 Å². The van der Waals surface area contributed by atoms with Gasteiger partial charge >= 0.3 is 0 Å². The van der Waals surface area contributed by atoms with Crippen LogP contribution in [-0.2, 0) is 10.2 Å². The van der Waals surface area contributed by atoms with Crippen LogP contribution in [0.4, 0.5) is 4.39 Å². The zero-order valence-electron chi connectivity index (χ0n) is 13.1. The number of ether oxygens (including phenoxy) is 1. The quantitative estimate of drug-likeness (QED) is 0.914. The van der Waals surface area contributed by atoms with Gasteiger partial charge in [0.1, 0.15) is 5.82 Å². The number of hydrogen-bond donors (Lipinski definition) is 1. The highest BCUT2D eigenvalue weighted by atomic mass is 19.1. The van der Waals surface area contributed by atoms with Gasteiger partial charge in [-0.3, -0.25) is 0 Å². The van der Waals surface area contributed by atoms with Crippen LogP contribution in [0, 0.1) is 11.2 Å². The lowest BCUT2D eigenvalue weighted by atomic mass is 9.48. The van der Waals surface area contributed by atoms with Crippen molar-refractivity contribution in [3.05, 3.63) is 35.6 Å². The van der Waals surface area contributed by atoms with Gasteiger partial charge in [0, 0.05) is 31.2 Å². The summed E-state index contributed by atoms with van der Waals surface area (Å²) in [7, 11) is 0. The Morgan fingerprint density at radius 1 is 1.14 bits per heavy atom. The number of hydrogen-bond acceptors (Lipinski definition) is 2. The molecular weight excluding hydrogens is 265 g/mol. The highest BCUT2D eigenvalue weighted by molar-refractivity contribution is 5.32. The van der Waals surface area contributed by atoms with Gasteiger partial charge in [0.2, 0.25) is 0 Å². The standard InChI is InChI=1S/C18H26FNO/c1-14(2)20-13-18(15-3-5-16(19)6-4-15)11-17(12-18)7-9-21-10-8-17/h3-6,14,20H,7-13H2,1-2H3. The van der Waals surface area contributed by atoms with Gasteiger partial charge in [0.15, 0.2) is 0 Å². The lowest BCUT2D eigenvalue weighted by Crippen LogP contribution is -2.57. The highest BCUT2D eigenvalue weighted by Crippen LogP contribution is 2.60. The van der Waals surface area contributed by atoms with Gasteiger partial charge in [0.05, 0.1) is 0 Å². The van der Waals surface area contributed by atoms with Gasteiger partial charge in [-0.05, 0) is 48.8 Å². The first-order valence-electron chi connectivity index (χ1n) is 8.11. The fourth-order valence-electron chi connectivity index (χ4n) is 4.18. The molecule has 2 nitrogen and oxygen atoms in total. The molecule has 1 aromatic rings. The van der Waals surface area contributed by atoms with Crippen LogP contribution in [0.5, 0.6) is 0 Å². The SMILES string of the molecule is CC(C)NCC1(c2ccc(F)cc2)CC2(CCOCC2)C1. The largest absolute Gasteiger partial charge is 0.381 e. The molecule has 3 rings (SSSR count). The first kappa shape index (κ1) is 15.0. The lowest BCUT2D eigenvalue weighted by Gasteiger charge is -2.58. The Bertz CT molecular complexity index is 468. The Kier molecular flexibility index (Phi) is 4.06. The molecule has 1 aliphatic heterocycles. The molecule has 2 aliphatic rings. The molecule has 1 saturated carbocycles. The molecular formula is C18H26FNO. The van der Waals surface area contributed by atoms with E-state index in [2.05, 4.69) is 19.2 Å². The van der Waals surface area contributed by atoms with E-state index < -0.39 is 0 Å². The second-order valence-electron chi connectivity index (χ2n) is 7.29. The number of benzene rings is 1. The van der Waals surface area contributed by atoms with E-state index in [1.54, 1.807) is 12.1 Å². The summed E-state index contributed by atoms with van der Waals surface area (Å²) in [4.78, 5) is 0. The average Bonchev–Trinajstić information content (AvgIpc) is 2.44. The first-order chi connectivity index (χ1) is 10.0. The molecule has 0 bridgehead atoms. The molecule has 1 saturated heterocycles. The second-order valence-corrected chi connectivity index (χ2v) is 7.29. The van der Waals surface area contributed by atoms with Gasteiger partial charge in [-0.15, -0.1) is 0 Å². The van der Waals surface area contributed by atoms with Crippen molar-refractivity contribution >= 4 is 0 Å². The summed E-state index contributed by atoms with van der Waals surface area (Å²) in [6.45, 7) is 7.15. The van der Waals surface area contributed by atoms with Crippen LogP contribution in [0.2, 0.25) is 0 Å². The van der Waals surface area contributed by atoms with E-state index in [-0.39, 0.29) is 11.2 Å². The second kappa shape index (κ2) is 5.69. The minimum Gasteiger partial charge on any atom is -0.381 e. The van der Waals surface area contributed by atoms with Gasteiger partial charge in [-0.1, -0.05) is 26.0 Å². The Hall–Kier alpha value is -0.930. The van der Waals surface area contributed by atoms with Crippen LogP contribution in [0.15, 0.2) is 24.3 Å². The van der Waals surface area contributed by atoms with E-state index in [0.717, 1.165) is 19.8 Å². The third kappa shape index (κ3) is 3.00. The Morgan fingerprint density at radius 3 is 2.33 bits per heavy atom. The number of halogens is 1. The van der Waals surface area contributed by atoms with Gasteiger partial charge in [-0.2, -0.15) is 0 Å². The van der Waals surface area contributed by atoms with E-state index in [1.807, 2.05) is 12.1 Å². The van der Waals surface area contributed by atoms with Crippen molar-refractivity contribution in [1.29, 1.82) is 0 Å². The van der Waals surface area contributed by atoms with Crippen molar-refractivity contribution in [2.75, 3.05) is 19.8 Å². The normalized spacial score (nSPS) is 23.2. The summed E-state index contributed by atoms with van der Waals surface area (Å²) in [5, 5.41) is 3.60. The summed E-state index contributed by atoms with van der Waals surface area (Å²) in [5.41, 5.74) is 1.93. The third-order valence-electron chi connectivity index (χ3n) is 5.29. The maximum absolute atomic E-state index is 13.2. The molecule has 1 heterocycles. The van der Waals surface area contributed by atoms with E-state index >= 15 is 0 Å². The predicted octanol–water partition coefficient (Wildman–Crippen LogP) is 3.65. The van der Waals surface area contributed by atoms with Crippen LogP contribution in [0.25, 0.3) is 0 Å². The minimum atomic E-state index is -0.147. The van der Waals surface area contributed by atoms with Crippen molar-refractivity contribution in [2.45, 2.75) is 51.0 Å². The molecule has 1 aliphatic carbocycles. The lowest BCUT2D eigenvalue weighted by molar-refractivity contribution is -0.0741. The van der Waals surface area contributed by atoms with Crippen molar-refractivity contribution in [3.8, 4) is 0 Å². The van der Waals surface area contributed by atoms with E-state index in [9.17, 15) is 4.39 Å². The molecule has 0 radical (unpaired) electrons. The van der Waals surface area contributed by atoms with Crippen molar-refractivity contribution in [1.82, 2.24) is 5.32 Å². The van der Waals surface area contributed by atoms with Crippen LogP contribution < -0.4 is 5.32 Å². The topological polar surface area (TPSA) is 21.3 Å². The molecule has 0 atom stereocenters. The molecule has 2 fully saturated rings. The van der Waals surface area contributed by atoms with Crippen molar-refractivity contribution < 1.29 is 9.13 Å². The van der Waals surface area contributed by atoms with Crippen molar-refractivity contribution in [2.24, 2.45) is 5.41 Å². The Labute approximate surface area is 127 Å². The maximum Gasteiger partial charge on any atom is 0.123 e. The minimum absolute atomic E-state index is 0.147. The first-order valence-corrected chi connectivity index (χ1v) is 8.11. The molecule has 3 heteroatoms. The monoisotopic (exact) mass is 291 g/mol. The van der Waals surface area contributed by atoms with Gasteiger partial charge in [0.25, 0.3) is 0 Å². The molecule has 1 spiro atoms. The fraction of sp³-hybridized carbons (Fsp3) is 0.667. The smallest absolute Gasteiger partial charge is 0.123 e. The molecule has 0 unspecified atom stereocenters. The van der Waals surface area contributed by atoms with Gasteiger partial charge in [-0.25, -0.2) is 4.39 Å². The maximum atomic E-state index is 13.2. The summed E-state index contributed by atoms with van der Waals surface area (Å²) in [6, 6.07) is 7.63.